The van der Waals surface area contributed by atoms with Gasteiger partial charge in [-0.1, -0.05) is 18.2 Å². The SMILES string of the molecule is O=C1C[C@@H]2CC[C@H]1c1c2c(O)n(-c2ccc([N+](=O)[O-])c3ccccc23)c1O. The van der Waals surface area contributed by atoms with E-state index in [-0.39, 0.29) is 35.1 Å². The highest BCUT2D eigenvalue weighted by Gasteiger charge is 2.45. The van der Waals surface area contributed by atoms with Crippen LogP contribution in [0.1, 0.15) is 42.2 Å². The maximum Gasteiger partial charge on any atom is 0.277 e. The Hall–Kier alpha value is -3.35. The van der Waals surface area contributed by atoms with Crippen molar-refractivity contribution >= 4 is 22.2 Å². The number of fused-ring (bicyclic) bond motifs is 3. The van der Waals surface area contributed by atoms with E-state index in [1.807, 2.05) is 0 Å². The van der Waals surface area contributed by atoms with Gasteiger partial charge >= 0.3 is 0 Å². The van der Waals surface area contributed by atoms with Crippen LogP contribution < -0.4 is 0 Å². The van der Waals surface area contributed by atoms with E-state index in [9.17, 15) is 25.1 Å². The van der Waals surface area contributed by atoms with E-state index in [0.29, 0.717) is 40.4 Å². The number of rotatable bonds is 2. The number of aromatic nitrogens is 1. The molecule has 7 heteroatoms. The second kappa shape index (κ2) is 5.33. The molecule has 6 rings (SSSR count). The van der Waals surface area contributed by atoms with Crippen LogP contribution in [-0.4, -0.2) is 25.5 Å². The highest BCUT2D eigenvalue weighted by molar-refractivity contribution is 5.98. The van der Waals surface area contributed by atoms with Crippen molar-refractivity contribution in [1.29, 1.82) is 0 Å². The number of hydrogen-bond acceptors (Lipinski definition) is 5. The van der Waals surface area contributed by atoms with Crippen molar-refractivity contribution in [2.75, 3.05) is 0 Å². The molecule has 1 heterocycles. The zero-order chi connectivity index (χ0) is 18.9. The van der Waals surface area contributed by atoms with E-state index in [2.05, 4.69) is 0 Å². The molecule has 136 valence electrons. The minimum Gasteiger partial charge on any atom is -0.494 e. The molecule has 0 saturated heterocycles. The molecule has 27 heavy (non-hydrogen) atoms. The molecule has 0 spiro atoms. The molecule has 2 bridgehead atoms. The van der Waals surface area contributed by atoms with Crippen LogP contribution in [0.3, 0.4) is 0 Å². The van der Waals surface area contributed by atoms with Gasteiger partial charge in [-0.25, -0.2) is 0 Å². The third-order valence-electron chi connectivity index (χ3n) is 5.91. The van der Waals surface area contributed by atoms with Crippen LogP contribution in [0.2, 0.25) is 0 Å². The van der Waals surface area contributed by atoms with E-state index < -0.39 is 4.92 Å². The van der Waals surface area contributed by atoms with E-state index in [1.165, 1.54) is 16.7 Å². The van der Waals surface area contributed by atoms with Crippen molar-refractivity contribution in [1.82, 2.24) is 4.57 Å². The Morgan fingerprint density at radius 1 is 1.00 bits per heavy atom. The number of hydrogen-bond donors (Lipinski definition) is 2. The molecule has 1 aromatic heterocycles. The molecule has 3 aromatic rings. The summed E-state index contributed by atoms with van der Waals surface area (Å²) in [5.41, 5.74) is 1.57. The largest absolute Gasteiger partial charge is 0.494 e. The molecule has 1 saturated carbocycles. The molecule has 1 fully saturated rings. The third kappa shape index (κ3) is 1.99. The van der Waals surface area contributed by atoms with Crippen molar-refractivity contribution in [3.63, 3.8) is 0 Å². The van der Waals surface area contributed by atoms with E-state index in [4.69, 9.17) is 0 Å². The van der Waals surface area contributed by atoms with Crippen molar-refractivity contribution in [3.05, 3.63) is 57.6 Å². The molecule has 3 aliphatic carbocycles. The number of ketones is 1. The first-order valence-corrected chi connectivity index (χ1v) is 8.84. The quantitative estimate of drug-likeness (QED) is 0.530. The van der Waals surface area contributed by atoms with Gasteiger partial charge in [0.15, 0.2) is 0 Å². The lowest BCUT2D eigenvalue weighted by Crippen LogP contribution is -2.28. The van der Waals surface area contributed by atoms with Crippen molar-refractivity contribution in [2.24, 2.45) is 0 Å². The predicted molar refractivity (Wildman–Crippen MR) is 97.6 cm³/mol. The van der Waals surface area contributed by atoms with Gasteiger partial charge in [0.25, 0.3) is 5.69 Å². The lowest BCUT2D eigenvalue weighted by Gasteiger charge is -2.34. The van der Waals surface area contributed by atoms with Crippen LogP contribution in [0.4, 0.5) is 5.69 Å². The molecule has 2 aromatic carbocycles. The zero-order valence-electron chi connectivity index (χ0n) is 14.3. The number of aromatic hydroxyl groups is 2. The summed E-state index contributed by atoms with van der Waals surface area (Å²) in [6.07, 6.45) is 1.87. The zero-order valence-corrected chi connectivity index (χ0v) is 14.3. The molecule has 0 aliphatic heterocycles. The standard InChI is InChI=1S/C20H16N2O5/c23-16-9-10-5-6-13(16)18-17(10)19(24)21(20(18)25)14-7-8-15(22(26)27)12-4-2-1-3-11(12)14/h1-4,7-8,10,13,24-25H,5-6,9H2/t10-,13+/m0/s1. The monoisotopic (exact) mass is 364 g/mol. The van der Waals surface area contributed by atoms with Crippen molar-refractivity contribution < 1.29 is 19.9 Å². The van der Waals surface area contributed by atoms with Crippen LogP contribution in [0, 0.1) is 10.1 Å². The van der Waals surface area contributed by atoms with Gasteiger partial charge in [0, 0.05) is 34.9 Å². The summed E-state index contributed by atoms with van der Waals surface area (Å²) in [5, 5.41) is 34.1. The second-order valence-corrected chi connectivity index (χ2v) is 7.21. The fraction of sp³-hybridized carbons (Fsp3) is 0.250. The summed E-state index contributed by atoms with van der Waals surface area (Å²) in [4.78, 5) is 23.2. The number of nitrogens with zero attached hydrogens (tertiary/aromatic N) is 2. The van der Waals surface area contributed by atoms with Crippen molar-refractivity contribution in [3.8, 4) is 17.4 Å². The highest BCUT2D eigenvalue weighted by atomic mass is 16.6. The number of nitro groups is 1. The first kappa shape index (κ1) is 15.9. The van der Waals surface area contributed by atoms with E-state index in [1.54, 1.807) is 24.3 Å². The number of nitro benzene ring substituents is 1. The number of benzene rings is 2. The first-order chi connectivity index (χ1) is 13.0. The average Bonchev–Trinajstić information content (AvgIpc) is 2.93. The number of carbonyl (C=O) groups is 1. The van der Waals surface area contributed by atoms with Gasteiger partial charge < -0.3 is 10.2 Å². The Labute approximate surface area is 153 Å². The number of Topliss-reactive ketones (excluding diaryl/α,β-unsaturated/α-hetero) is 1. The Kier molecular flexibility index (Phi) is 3.13. The normalized spacial score (nSPS) is 20.8. The van der Waals surface area contributed by atoms with Gasteiger partial charge in [0.1, 0.15) is 5.78 Å². The molecule has 2 atom stereocenters. The van der Waals surface area contributed by atoms with Gasteiger partial charge in [0.2, 0.25) is 11.8 Å². The summed E-state index contributed by atoms with van der Waals surface area (Å²) < 4.78 is 1.32. The minimum absolute atomic E-state index is 0.0412. The molecule has 7 nitrogen and oxygen atoms in total. The lowest BCUT2D eigenvalue weighted by molar-refractivity contribution is -0.383. The minimum atomic E-state index is -0.453. The summed E-state index contributed by atoms with van der Waals surface area (Å²) in [6.45, 7) is 0. The number of carbonyl (C=O) groups excluding carboxylic acids is 1. The van der Waals surface area contributed by atoms with Crippen LogP contribution in [0.25, 0.3) is 16.5 Å². The summed E-state index contributed by atoms with van der Waals surface area (Å²) in [7, 11) is 0. The van der Waals surface area contributed by atoms with E-state index >= 15 is 0 Å². The molecule has 0 amide bonds. The Morgan fingerprint density at radius 3 is 2.41 bits per heavy atom. The summed E-state index contributed by atoms with van der Waals surface area (Å²) >= 11 is 0. The molecular weight excluding hydrogens is 348 g/mol. The fourth-order valence-electron chi connectivity index (χ4n) is 4.75. The summed E-state index contributed by atoms with van der Waals surface area (Å²) in [5.74, 6) is -0.608. The van der Waals surface area contributed by atoms with Gasteiger partial charge in [-0.05, 0) is 30.9 Å². The molecular formula is C20H16N2O5. The average molecular weight is 364 g/mol. The maximum atomic E-state index is 12.3. The van der Waals surface area contributed by atoms with Gasteiger partial charge in [-0.2, -0.15) is 0 Å². The lowest BCUT2D eigenvalue weighted by atomic mass is 9.67. The van der Waals surface area contributed by atoms with Crippen LogP contribution in [0.5, 0.6) is 11.8 Å². The Balaban J connectivity index is 1.82. The van der Waals surface area contributed by atoms with Crippen LogP contribution in [-0.2, 0) is 4.79 Å². The van der Waals surface area contributed by atoms with Gasteiger partial charge in [-0.15, -0.1) is 0 Å². The topological polar surface area (TPSA) is 106 Å². The van der Waals surface area contributed by atoms with E-state index in [0.717, 1.165) is 6.42 Å². The first-order valence-electron chi connectivity index (χ1n) is 8.84. The maximum absolute atomic E-state index is 12.3. The number of non-ortho nitro benzene ring substituents is 1. The van der Waals surface area contributed by atoms with Crippen molar-refractivity contribution in [2.45, 2.75) is 31.1 Å². The molecule has 2 N–H and O–H groups in total. The summed E-state index contributed by atoms with van der Waals surface area (Å²) in [6, 6.07) is 9.71. The fourth-order valence-corrected chi connectivity index (χ4v) is 4.75. The Morgan fingerprint density at radius 2 is 1.70 bits per heavy atom. The predicted octanol–water partition coefficient (Wildman–Crippen LogP) is 3.88. The van der Waals surface area contributed by atoms with Gasteiger partial charge in [0.05, 0.1) is 16.0 Å². The third-order valence-corrected chi connectivity index (χ3v) is 5.91. The van der Waals surface area contributed by atoms with Crippen LogP contribution >= 0.6 is 0 Å². The molecule has 0 unspecified atom stereocenters. The highest BCUT2D eigenvalue weighted by Crippen LogP contribution is 2.56. The van der Waals surface area contributed by atoms with Crippen LogP contribution in [0.15, 0.2) is 36.4 Å². The van der Waals surface area contributed by atoms with Gasteiger partial charge in [-0.3, -0.25) is 19.5 Å². The molecule has 0 radical (unpaired) electrons. The molecule has 3 aliphatic rings. The Bertz CT molecular complexity index is 1150. The smallest absolute Gasteiger partial charge is 0.277 e. The second-order valence-electron chi connectivity index (χ2n) is 7.21.